The third-order valence-corrected chi connectivity index (χ3v) is 4.80. The lowest BCUT2D eigenvalue weighted by Gasteiger charge is -2.03. The molecule has 0 spiro atoms. The number of benzene rings is 2. The lowest BCUT2D eigenvalue weighted by Crippen LogP contribution is -2.15. The first-order chi connectivity index (χ1) is 11.9. The minimum absolute atomic E-state index is 0.0683. The van der Waals surface area contributed by atoms with Crippen LogP contribution in [0.5, 0.6) is 5.75 Å². The zero-order chi connectivity index (χ0) is 18.0. The Morgan fingerprint density at radius 3 is 2.52 bits per heavy atom. The van der Waals surface area contributed by atoms with Gasteiger partial charge in [-0.15, -0.1) is 0 Å². The normalized spacial score (nSPS) is 15.1. The van der Waals surface area contributed by atoms with Crippen LogP contribution in [0, 0.1) is 0 Å². The Morgan fingerprint density at radius 1 is 1.16 bits per heavy atom. The van der Waals surface area contributed by atoms with E-state index in [-0.39, 0.29) is 10.8 Å². The van der Waals surface area contributed by atoms with E-state index in [0.29, 0.717) is 35.7 Å². The molecule has 3 N–H and O–H groups in total. The molecule has 0 fully saturated rings. The number of ether oxygens (including phenoxy) is 1. The molecule has 1 amide bonds. The topological polar surface area (TPSA) is 111 Å². The summed E-state index contributed by atoms with van der Waals surface area (Å²) in [5.41, 5.74) is 2.70. The van der Waals surface area contributed by atoms with Gasteiger partial charge in [-0.2, -0.15) is 0 Å². The molecule has 0 aromatic heterocycles. The van der Waals surface area contributed by atoms with E-state index in [4.69, 9.17) is 9.88 Å². The van der Waals surface area contributed by atoms with Crippen LogP contribution in [0.2, 0.25) is 0 Å². The number of aliphatic imine (C=N–C) groups is 1. The molecule has 0 saturated heterocycles. The summed E-state index contributed by atoms with van der Waals surface area (Å²) in [5, 5.41) is 7.84. The number of hydrogen-bond acceptors (Lipinski definition) is 5. The van der Waals surface area contributed by atoms with E-state index in [1.54, 1.807) is 37.4 Å². The fourth-order valence-corrected chi connectivity index (χ4v) is 3.07. The number of methoxy groups -OCH3 is 1. The number of nitrogens with two attached hydrogens (primary N) is 1. The molecule has 0 saturated carbocycles. The molecule has 1 aliphatic heterocycles. The maximum absolute atomic E-state index is 12.1. The Balaban J connectivity index is 1.74. The minimum Gasteiger partial charge on any atom is -0.497 e. The van der Waals surface area contributed by atoms with Crippen molar-refractivity contribution in [3.8, 4) is 5.75 Å². The molecule has 1 aliphatic rings. The molecular formula is C17H17N3O4S. The number of fused-ring (bicyclic) bond motifs is 1. The van der Waals surface area contributed by atoms with Crippen LogP contribution in [0.4, 0.5) is 5.69 Å². The first-order valence-corrected chi connectivity index (χ1v) is 9.09. The highest BCUT2D eigenvalue weighted by molar-refractivity contribution is 7.89. The molecule has 7 nitrogen and oxygen atoms in total. The quantitative estimate of drug-likeness (QED) is 0.839. The third kappa shape index (κ3) is 3.70. The van der Waals surface area contributed by atoms with Crippen LogP contribution in [0.3, 0.4) is 0 Å². The lowest BCUT2D eigenvalue weighted by atomic mass is 10.1. The van der Waals surface area contributed by atoms with Crippen molar-refractivity contribution in [1.82, 2.24) is 0 Å². The summed E-state index contributed by atoms with van der Waals surface area (Å²) >= 11 is 0. The average molecular weight is 359 g/mol. The van der Waals surface area contributed by atoms with Gasteiger partial charge in [-0.25, -0.2) is 13.6 Å². The minimum atomic E-state index is -3.69. The van der Waals surface area contributed by atoms with Gasteiger partial charge in [0.1, 0.15) is 11.5 Å². The molecule has 0 bridgehead atoms. The van der Waals surface area contributed by atoms with E-state index >= 15 is 0 Å². The zero-order valence-electron chi connectivity index (χ0n) is 13.5. The Kier molecular flexibility index (Phi) is 4.56. The average Bonchev–Trinajstić information content (AvgIpc) is 2.89. The zero-order valence-corrected chi connectivity index (χ0v) is 14.3. The van der Waals surface area contributed by atoms with Gasteiger partial charge in [0.15, 0.2) is 0 Å². The van der Waals surface area contributed by atoms with E-state index in [0.717, 1.165) is 5.56 Å². The van der Waals surface area contributed by atoms with Crippen LogP contribution in [-0.4, -0.2) is 33.7 Å². The molecule has 2 aromatic rings. The number of nitrogens with zero attached hydrogens (tertiary/aromatic N) is 1. The summed E-state index contributed by atoms with van der Waals surface area (Å²) in [6, 6.07) is 11.6. The van der Waals surface area contributed by atoms with Crippen LogP contribution in [0.15, 0.2) is 52.4 Å². The van der Waals surface area contributed by atoms with Gasteiger partial charge in [0.25, 0.3) is 5.91 Å². The highest BCUT2D eigenvalue weighted by Gasteiger charge is 2.26. The molecule has 130 valence electrons. The van der Waals surface area contributed by atoms with Crippen molar-refractivity contribution < 1.29 is 17.9 Å². The molecule has 8 heteroatoms. The van der Waals surface area contributed by atoms with Gasteiger partial charge < -0.3 is 10.1 Å². The molecule has 0 atom stereocenters. The Bertz CT molecular complexity index is 950. The van der Waals surface area contributed by atoms with E-state index in [9.17, 15) is 13.2 Å². The second-order valence-electron chi connectivity index (χ2n) is 5.53. The Labute approximate surface area is 145 Å². The SMILES string of the molecule is COc1ccc2c(c1)C(=NCCc1ccc(S(N)(=O)=O)cc1)C(=O)N2. The van der Waals surface area contributed by atoms with Crippen molar-refractivity contribution in [2.75, 3.05) is 19.0 Å². The lowest BCUT2D eigenvalue weighted by molar-refractivity contribution is -0.110. The first-order valence-electron chi connectivity index (χ1n) is 7.54. The highest BCUT2D eigenvalue weighted by Crippen LogP contribution is 2.27. The van der Waals surface area contributed by atoms with E-state index in [1.165, 1.54) is 12.1 Å². The number of sulfonamides is 1. The fraction of sp³-hybridized carbons (Fsp3) is 0.176. The van der Waals surface area contributed by atoms with Crippen LogP contribution in [0.1, 0.15) is 11.1 Å². The maximum Gasteiger partial charge on any atom is 0.274 e. The molecule has 25 heavy (non-hydrogen) atoms. The van der Waals surface area contributed by atoms with Gasteiger partial charge in [-0.05, 0) is 42.3 Å². The van der Waals surface area contributed by atoms with E-state index in [1.807, 2.05) is 0 Å². The van der Waals surface area contributed by atoms with Crippen molar-refractivity contribution in [1.29, 1.82) is 0 Å². The van der Waals surface area contributed by atoms with Gasteiger partial charge in [-0.3, -0.25) is 9.79 Å². The van der Waals surface area contributed by atoms with Crippen molar-refractivity contribution in [3.05, 3.63) is 53.6 Å². The highest BCUT2D eigenvalue weighted by atomic mass is 32.2. The van der Waals surface area contributed by atoms with E-state index in [2.05, 4.69) is 10.3 Å². The van der Waals surface area contributed by atoms with Crippen LogP contribution in [0.25, 0.3) is 0 Å². The number of carbonyl (C=O) groups is 1. The summed E-state index contributed by atoms with van der Waals surface area (Å²) in [6.45, 7) is 0.397. The van der Waals surface area contributed by atoms with Gasteiger partial charge >= 0.3 is 0 Å². The first kappa shape index (κ1) is 17.1. The van der Waals surface area contributed by atoms with Crippen molar-refractivity contribution in [2.45, 2.75) is 11.3 Å². The van der Waals surface area contributed by atoms with Crippen LogP contribution in [-0.2, 0) is 21.2 Å². The number of anilines is 1. The number of rotatable bonds is 5. The number of nitrogens with one attached hydrogen (secondary N) is 1. The van der Waals surface area contributed by atoms with Gasteiger partial charge in [0.2, 0.25) is 10.0 Å². The van der Waals surface area contributed by atoms with Gasteiger partial charge in [-0.1, -0.05) is 12.1 Å². The largest absolute Gasteiger partial charge is 0.497 e. The summed E-state index contributed by atoms with van der Waals surface area (Å²) < 4.78 is 27.7. The number of hydrogen-bond donors (Lipinski definition) is 2. The molecule has 1 heterocycles. The number of primary sulfonamides is 1. The molecule has 2 aromatic carbocycles. The summed E-state index contributed by atoms with van der Waals surface area (Å²) in [7, 11) is -2.13. The number of carbonyl (C=O) groups excluding carboxylic acids is 1. The molecular weight excluding hydrogens is 342 g/mol. The predicted molar refractivity (Wildman–Crippen MR) is 94.5 cm³/mol. The van der Waals surface area contributed by atoms with Crippen molar-refractivity contribution >= 4 is 27.3 Å². The summed E-state index contributed by atoms with van der Waals surface area (Å²) in [5.74, 6) is 0.411. The molecule has 3 rings (SSSR count). The summed E-state index contributed by atoms with van der Waals surface area (Å²) in [6.07, 6.45) is 0.570. The molecule has 0 unspecified atom stereocenters. The Morgan fingerprint density at radius 2 is 1.88 bits per heavy atom. The third-order valence-electron chi connectivity index (χ3n) is 3.87. The second-order valence-corrected chi connectivity index (χ2v) is 7.10. The fourth-order valence-electron chi connectivity index (χ4n) is 2.56. The van der Waals surface area contributed by atoms with Crippen molar-refractivity contribution in [2.24, 2.45) is 10.1 Å². The number of amides is 1. The standard InChI is InChI=1S/C17H17N3O4S/c1-24-12-4-7-15-14(10-12)16(17(21)20-15)19-9-8-11-2-5-13(6-3-11)25(18,22)23/h2-7,10H,8-9H2,1H3,(H2,18,22,23)(H,19,20,21). The smallest absolute Gasteiger partial charge is 0.274 e. The van der Waals surface area contributed by atoms with E-state index < -0.39 is 10.0 Å². The molecule has 0 aliphatic carbocycles. The summed E-state index contributed by atoms with van der Waals surface area (Å²) in [4.78, 5) is 16.5. The van der Waals surface area contributed by atoms with Crippen LogP contribution >= 0.6 is 0 Å². The van der Waals surface area contributed by atoms with Crippen LogP contribution < -0.4 is 15.2 Å². The Hall–Kier alpha value is -2.71. The monoisotopic (exact) mass is 359 g/mol. The molecule has 0 radical (unpaired) electrons. The van der Waals surface area contributed by atoms with Gasteiger partial charge in [0, 0.05) is 12.1 Å². The second kappa shape index (κ2) is 6.66. The van der Waals surface area contributed by atoms with Crippen molar-refractivity contribution in [3.63, 3.8) is 0 Å². The predicted octanol–water partition coefficient (Wildman–Crippen LogP) is 1.33. The van der Waals surface area contributed by atoms with Gasteiger partial charge in [0.05, 0.1) is 17.7 Å². The maximum atomic E-state index is 12.1.